The van der Waals surface area contributed by atoms with E-state index in [1.807, 2.05) is 13.8 Å². The van der Waals surface area contributed by atoms with Crippen LogP contribution in [0, 0.1) is 24.2 Å². The normalized spacial score (nSPS) is 10.4. The Morgan fingerprint density at radius 2 is 2.17 bits per heavy atom. The van der Waals surface area contributed by atoms with E-state index in [0.717, 1.165) is 0 Å². The molecule has 0 atom stereocenters. The fraction of sp³-hybridized carbons (Fsp3) is 0.353. The van der Waals surface area contributed by atoms with Crippen LogP contribution in [0.1, 0.15) is 32.0 Å². The molecule has 2 aromatic rings. The topological polar surface area (TPSA) is 77.1 Å². The number of aryl methyl sites for hydroxylation is 1. The molecule has 0 fully saturated rings. The third-order valence-corrected chi connectivity index (χ3v) is 2.95. The van der Waals surface area contributed by atoms with Crippen molar-refractivity contribution in [1.29, 1.82) is 5.26 Å². The molecule has 6 heteroatoms. The molecule has 0 saturated heterocycles. The molecule has 6 nitrogen and oxygen atoms in total. The van der Waals surface area contributed by atoms with Crippen LogP contribution in [0.15, 0.2) is 24.4 Å². The quantitative estimate of drug-likeness (QED) is 0.848. The largest absolute Gasteiger partial charge is 0.492 e. The predicted molar refractivity (Wildman–Crippen MR) is 84.7 cm³/mol. The minimum absolute atomic E-state index is 0.367. The van der Waals surface area contributed by atoms with Crippen molar-refractivity contribution < 1.29 is 14.4 Å². The summed E-state index contributed by atoms with van der Waals surface area (Å²) in [4.78, 5) is 20.6. The number of benzene rings is 1. The Balaban J connectivity index is 2.38. The molecule has 0 spiro atoms. The summed E-state index contributed by atoms with van der Waals surface area (Å²) in [6, 6.07) is 7.33. The zero-order valence-electron chi connectivity index (χ0n) is 13.7. The summed E-state index contributed by atoms with van der Waals surface area (Å²) < 4.78 is 6.95. The van der Waals surface area contributed by atoms with Crippen molar-refractivity contribution in [1.82, 2.24) is 9.71 Å². The van der Waals surface area contributed by atoms with Crippen LogP contribution in [0.25, 0.3) is 11.4 Å². The van der Waals surface area contributed by atoms with Gasteiger partial charge in [-0.3, -0.25) is 0 Å². The van der Waals surface area contributed by atoms with Gasteiger partial charge in [-0.2, -0.15) is 9.99 Å². The van der Waals surface area contributed by atoms with E-state index in [-0.39, 0.29) is 0 Å². The molecule has 0 N–H and O–H groups in total. The monoisotopic (exact) mass is 313 g/mol. The fourth-order valence-corrected chi connectivity index (χ4v) is 2.01. The lowest BCUT2D eigenvalue weighted by molar-refractivity contribution is -0.141. The lowest BCUT2D eigenvalue weighted by atomic mass is 10.1. The van der Waals surface area contributed by atoms with Crippen LogP contribution in [0.2, 0.25) is 0 Å². The van der Waals surface area contributed by atoms with E-state index in [9.17, 15) is 10.1 Å². The molecule has 0 radical (unpaired) electrons. The average Bonchev–Trinajstić information content (AvgIpc) is 2.84. The number of hydrogen-bond donors (Lipinski definition) is 0. The van der Waals surface area contributed by atoms with Gasteiger partial charge >= 0.3 is 5.97 Å². The van der Waals surface area contributed by atoms with Crippen LogP contribution in [0.5, 0.6) is 5.75 Å². The molecule has 1 heterocycles. The predicted octanol–water partition coefficient (Wildman–Crippen LogP) is 2.74. The first kappa shape index (κ1) is 16.6. The molecule has 0 aliphatic rings. The van der Waals surface area contributed by atoms with Gasteiger partial charge in [0.25, 0.3) is 0 Å². The molecule has 0 unspecified atom stereocenters. The van der Waals surface area contributed by atoms with Gasteiger partial charge in [-0.1, -0.05) is 13.8 Å². The van der Waals surface area contributed by atoms with Crippen LogP contribution in [-0.4, -0.2) is 22.3 Å². The van der Waals surface area contributed by atoms with Gasteiger partial charge in [-0.05, 0) is 31.0 Å². The summed E-state index contributed by atoms with van der Waals surface area (Å²) in [5.41, 5.74) is 1.80. The number of imidazole rings is 1. The maximum Gasteiger partial charge on any atom is 0.329 e. The Kier molecular flexibility index (Phi) is 5.02. The summed E-state index contributed by atoms with van der Waals surface area (Å²) in [6.07, 6.45) is 1.62. The van der Waals surface area contributed by atoms with Gasteiger partial charge in [0.2, 0.25) is 0 Å². The lowest BCUT2D eigenvalue weighted by Crippen LogP contribution is -2.16. The fourth-order valence-electron chi connectivity index (χ4n) is 2.01. The van der Waals surface area contributed by atoms with Crippen molar-refractivity contribution in [2.45, 2.75) is 27.7 Å². The van der Waals surface area contributed by atoms with Crippen LogP contribution in [0.3, 0.4) is 0 Å². The van der Waals surface area contributed by atoms with Crippen molar-refractivity contribution in [2.24, 2.45) is 5.92 Å². The second-order valence-corrected chi connectivity index (χ2v) is 5.64. The van der Waals surface area contributed by atoms with Crippen molar-refractivity contribution >= 4 is 5.97 Å². The van der Waals surface area contributed by atoms with E-state index in [0.29, 0.717) is 40.9 Å². The van der Waals surface area contributed by atoms with E-state index in [1.165, 1.54) is 11.7 Å². The number of nitrogens with zero attached hydrogens (tertiary/aromatic N) is 3. The molecule has 0 amide bonds. The standard InChI is InChI=1S/C17H19N3O3/c1-11(2)10-22-16-6-5-14(7-15(16)8-18)17-19-12(3)9-20(17)23-13(4)21/h5-7,9,11H,10H2,1-4H3. The van der Waals surface area contributed by atoms with Gasteiger partial charge in [0.05, 0.1) is 24.1 Å². The highest BCUT2D eigenvalue weighted by molar-refractivity contribution is 5.67. The number of rotatable bonds is 5. The first-order valence-electron chi connectivity index (χ1n) is 7.33. The number of carbonyl (C=O) groups excluding carboxylic acids is 1. The minimum Gasteiger partial charge on any atom is -0.492 e. The summed E-state index contributed by atoms with van der Waals surface area (Å²) >= 11 is 0. The SMILES string of the molecule is CC(=O)On1cc(C)nc1-c1ccc(OCC(C)C)c(C#N)c1. The number of nitriles is 1. The second-order valence-electron chi connectivity index (χ2n) is 5.64. The van der Waals surface area contributed by atoms with Crippen molar-refractivity contribution in [3.8, 4) is 23.2 Å². The number of carbonyl (C=O) groups is 1. The first-order chi connectivity index (χ1) is 10.9. The molecule has 0 saturated carbocycles. The van der Waals surface area contributed by atoms with E-state index >= 15 is 0 Å². The van der Waals surface area contributed by atoms with Crippen molar-refractivity contribution in [3.05, 3.63) is 35.7 Å². The van der Waals surface area contributed by atoms with Gasteiger partial charge in [-0.25, -0.2) is 9.78 Å². The van der Waals surface area contributed by atoms with Gasteiger partial charge < -0.3 is 9.57 Å². The van der Waals surface area contributed by atoms with Crippen LogP contribution < -0.4 is 9.57 Å². The number of hydrogen-bond acceptors (Lipinski definition) is 5. The molecule has 1 aromatic heterocycles. The van der Waals surface area contributed by atoms with Crippen LogP contribution in [-0.2, 0) is 4.79 Å². The maximum atomic E-state index is 11.2. The molecular weight excluding hydrogens is 294 g/mol. The second kappa shape index (κ2) is 6.97. The number of aromatic nitrogens is 2. The summed E-state index contributed by atoms with van der Waals surface area (Å²) in [6.45, 7) is 7.74. The van der Waals surface area contributed by atoms with E-state index < -0.39 is 5.97 Å². The maximum absolute atomic E-state index is 11.2. The third kappa shape index (κ3) is 4.10. The summed E-state index contributed by atoms with van der Waals surface area (Å²) in [5.74, 6) is 0.921. The first-order valence-corrected chi connectivity index (χ1v) is 7.33. The zero-order valence-corrected chi connectivity index (χ0v) is 13.7. The van der Waals surface area contributed by atoms with Gasteiger partial charge in [0.15, 0.2) is 5.82 Å². The van der Waals surface area contributed by atoms with Gasteiger partial charge in [0, 0.05) is 12.5 Å². The van der Waals surface area contributed by atoms with E-state index in [2.05, 4.69) is 11.1 Å². The lowest BCUT2D eigenvalue weighted by Gasteiger charge is -2.11. The van der Waals surface area contributed by atoms with Crippen LogP contribution >= 0.6 is 0 Å². The van der Waals surface area contributed by atoms with Crippen molar-refractivity contribution in [2.75, 3.05) is 6.61 Å². The smallest absolute Gasteiger partial charge is 0.329 e. The van der Waals surface area contributed by atoms with Gasteiger partial charge in [-0.15, -0.1) is 0 Å². The Morgan fingerprint density at radius 1 is 1.43 bits per heavy atom. The Bertz CT molecular complexity index is 757. The molecule has 0 bridgehead atoms. The highest BCUT2D eigenvalue weighted by Crippen LogP contribution is 2.26. The minimum atomic E-state index is -0.443. The summed E-state index contributed by atoms with van der Waals surface area (Å²) in [5, 5.41) is 9.33. The molecule has 1 aromatic carbocycles. The molecule has 2 rings (SSSR count). The molecule has 23 heavy (non-hydrogen) atoms. The Morgan fingerprint density at radius 3 is 2.78 bits per heavy atom. The third-order valence-electron chi connectivity index (χ3n) is 2.95. The molecule has 0 aliphatic carbocycles. The Labute approximate surface area is 135 Å². The van der Waals surface area contributed by atoms with E-state index in [1.54, 1.807) is 31.3 Å². The highest BCUT2D eigenvalue weighted by atomic mass is 16.7. The van der Waals surface area contributed by atoms with E-state index in [4.69, 9.17) is 9.57 Å². The van der Waals surface area contributed by atoms with Crippen molar-refractivity contribution in [3.63, 3.8) is 0 Å². The highest BCUT2D eigenvalue weighted by Gasteiger charge is 2.14. The molecular formula is C17H19N3O3. The molecule has 120 valence electrons. The average molecular weight is 313 g/mol. The molecule has 0 aliphatic heterocycles. The van der Waals surface area contributed by atoms with Gasteiger partial charge in [0.1, 0.15) is 11.8 Å². The van der Waals surface area contributed by atoms with Crippen LogP contribution in [0.4, 0.5) is 0 Å². The number of ether oxygens (including phenoxy) is 1. The summed E-state index contributed by atoms with van der Waals surface area (Å²) in [7, 11) is 0. The zero-order chi connectivity index (χ0) is 17.0. The Hall–Kier alpha value is -2.81.